The smallest absolute Gasteiger partial charge is 0.0678 e. The van der Waals surface area contributed by atoms with Gasteiger partial charge in [-0.1, -0.05) is 38.7 Å². The number of nitrogens with zero attached hydrogens (tertiary/aromatic N) is 1. The first-order valence-electron chi connectivity index (χ1n) is 7.14. The SMILES string of the molecule is C=C(CNC)c1cc(C(C)C)cc(/C(C)=C/C=C\C)n1. The van der Waals surface area contributed by atoms with Crippen LogP contribution >= 0.6 is 0 Å². The molecule has 0 saturated carbocycles. The standard InChI is InChI=1S/C18H26N2/c1-7-8-9-14(4)17-10-16(13(2)3)11-18(20-17)15(5)12-19-6/h7-11,13,19H,5,12H2,1-4,6H3/b8-7-,14-9+. The second-order valence-electron chi connectivity index (χ2n) is 5.34. The largest absolute Gasteiger partial charge is 0.316 e. The van der Waals surface area contributed by atoms with Crippen molar-refractivity contribution >= 4 is 11.1 Å². The Labute approximate surface area is 123 Å². The minimum absolute atomic E-state index is 0.479. The maximum absolute atomic E-state index is 4.75. The molecule has 0 fully saturated rings. The summed E-state index contributed by atoms with van der Waals surface area (Å²) < 4.78 is 0. The van der Waals surface area contributed by atoms with Crippen LogP contribution in [0.25, 0.3) is 11.1 Å². The molecule has 0 atom stereocenters. The van der Waals surface area contributed by atoms with Crippen LogP contribution in [0.5, 0.6) is 0 Å². The van der Waals surface area contributed by atoms with E-state index in [2.05, 4.69) is 50.9 Å². The molecule has 0 saturated heterocycles. The van der Waals surface area contributed by atoms with Gasteiger partial charge in [0, 0.05) is 6.54 Å². The number of aromatic nitrogens is 1. The Kier molecular flexibility index (Phi) is 6.40. The first-order chi connectivity index (χ1) is 9.49. The summed E-state index contributed by atoms with van der Waals surface area (Å²) in [5, 5.41) is 3.13. The zero-order valence-electron chi connectivity index (χ0n) is 13.3. The van der Waals surface area contributed by atoms with E-state index in [1.807, 2.05) is 26.1 Å². The third kappa shape index (κ3) is 4.46. The zero-order chi connectivity index (χ0) is 15.1. The van der Waals surface area contributed by atoms with Gasteiger partial charge in [0.2, 0.25) is 0 Å². The normalized spacial score (nSPS) is 12.4. The van der Waals surface area contributed by atoms with E-state index in [9.17, 15) is 0 Å². The predicted octanol–water partition coefficient (Wildman–Crippen LogP) is 4.42. The molecule has 0 aliphatic rings. The van der Waals surface area contributed by atoms with Crippen LogP contribution in [0.4, 0.5) is 0 Å². The van der Waals surface area contributed by atoms with Crippen LogP contribution < -0.4 is 5.32 Å². The van der Waals surface area contributed by atoms with Gasteiger partial charge in [-0.25, -0.2) is 4.98 Å². The van der Waals surface area contributed by atoms with Gasteiger partial charge in [0.25, 0.3) is 0 Å². The van der Waals surface area contributed by atoms with Crippen molar-refractivity contribution in [1.82, 2.24) is 10.3 Å². The van der Waals surface area contributed by atoms with E-state index in [1.54, 1.807) is 0 Å². The maximum atomic E-state index is 4.75. The highest BCUT2D eigenvalue weighted by molar-refractivity contribution is 5.68. The van der Waals surface area contributed by atoms with Crippen molar-refractivity contribution in [3.05, 3.63) is 53.9 Å². The number of nitrogens with one attached hydrogen (secondary N) is 1. The summed E-state index contributed by atoms with van der Waals surface area (Å²) in [6, 6.07) is 4.33. The molecule has 1 aromatic rings. The predicted molar refractivity (Wildman–Crippen MR) is 89.8 cm³/mol. The second-order valence-corrected chi connectivity index (χ2v) is 5.34. The Morgan fingerprint density at radius 1 is 1.35 bits per heavy atom. The minimum atomic E-state index is 0.479. The summed E-state index contributed by atoms with van der Waals surface area (Å²) in [6.45, 7) is 13.4. The van der Waals surface area contributed by atoms with Crippen LogP contribution in [0.1, 0.15) is 50.6 Å². The molecule has 108 valence electrons. The van der Waals surface area contributed by atoms with E-state index in [0.717, 1.165) is 23.5 Å². The van der Waals surface area contributed by atoms with Crippen molar-refractivity contribution in [1.29, 1.82) is 0 Å². The quantitative estimate of drug-likeness (QED) is 0.774. The molecule has 0 aromatic carbocycles. The molecule has 0 unspecified atom stereocenters. The number of allylic oxidation sites excluding steroid dienone is 4. The van der Waals surface area contributed by atoms with Gasteiger partial charge in [-0.15, -0.1) is 0 Å². The summed E-state index contributed by atoms with van der Waals surface area (Å²) in [5.74, 6) is 0.479. The second kappa shape index (κ2) is 7.81. The van der Waals surface area contributed by atoms with E-state index < -0.39 is 0 Å². The molecule has 0 bridgehead atoms. The van der Waals surface area contributed by atoms with Crippen LogP contribution in [0.3, 0.4) is 0 Å². The number of rotatable bonds is 6. The van der Waals surface area contributed by atoms with Gasteiger partial charge in [0.15, 0.2) is 0 Å². The zero-order valence-corrected chi connectivity index (χ0v) is 13.3. The lowest BCUT2D eigenvalue weighted by atomic mass is 9.99. The molecule has 0 aliphatic carbocycles. The summed E-state index contributed by atoms with van der Waals surface area (Å²) in [7, 11) is 1.93. The average molecular weight is 270 g/mol. The van der Waals surface area contributed by atoms with Gasteiger partial charge < -0.3 is 5.32 Å². The molecule has 0 aliphatic heterocycles. The molecule has 0 spiro atoms. The van der Waals surface area contributed by atoms with Crippen molar-refractivity contribution in [2.45, 2.75) is 33.6 Å². The Hall–Kier alpha value is -1.67. The lowest BCUT2D eigenvalue weighted by molar-refractivity contribution is 0.858. The summed E-state index contributed by atoms with van der Waals surface area (Å²) in [5.41, 5.74) is 5.50. The van der Waals surface area contributed by atoms with Gasteiger partial charge in [-0.2, -0.15) is 0 Å². The third-order valence-corrected chi connectivity index (χ3v) is 3.21. The molecule has 20 heavy (non-hydrogen) atoms. The number of likely N-dealkylation sites (N-methyl/N-ethyl adjacent to an activating group) is 1. The van der Waals surface area contributed by atoms with Crippen LogP contribution in [-0.4, -0.2) is 18.6 Å². The van der Waals surface area contributed by atoms with Crippen LogP contribution in [0, 0.1) is 0 Å². The monoisotopic (exact) mass is 270 g/mol. The lowest BCUT2D eigenvalue weighted by Gasteiger charge is -2.13. The van der Waals surface area contributed by atoms with Crippen LogP contribution in [-0.2, 0) is 0 Å². The molecular weight excluding hydrogens is 244 g/mol. The van der Waals surface area contributed by atoms with E-state index in [4.69, 9.17) is 4.98 Å². The molecule has 0 radical (unpaired) electrons. The number of hydrogen-bond acceptors (Lipinski definition) is 2. The Bertz CT molecular complexity index is 522. The first kappa shape index (κ1) is 16.4. The van der Waals surface area contributed by atoms with E-state index in [-0.39, 0.29) is 0 Å². The molecule has 1 aromatic heterocycles. The molecular formula is C18H26N2. The van der Waals surface area contributed by atoms with Crippen molar-refractivity contribution in [2.75, 3.05) is 13.6 Å². The molecule has 2 nitrogen and oxygen atoms in total. The van der Waals surface area contributed by atoms with Crippen molar-refractivity contribution in [3.8, 4) is 0 Å². The third-order valence-electron chi connectivity index (χ3n) is 3.21. The Balaban J connectivity index is 3.27. The average Bonchev–Trinajstić information content (AvgIpc) is 2.44. The van der Waals surface area contributed by atoms with E-state index >= 15 is 0 Å². The highest BCUT2D eigenvalue weighted by Crippen LogP contribution is 2.23. The highest BCUT2D eigenvalue weighted by atomic mass is 14.8. The molecule has 1 N–H and O–H groups in total. The maximum Gasteiger partial charge on any atom is 0.0678 e. The summed E-state index contributed by atoms with van der Waals surface area (Å²) in [4.78, 5) is 4.75. The van der Waals surface area contributed by atoms with Gasteiger partial charge in [-0.3, -0.25) is 0 Å². The fourth-order valence-electron chi connectivity index (χ4n) is 1.90. The van der Waals surface area contributed by atoms with Crippen LogP contribution in [0.2, 0.25) is 0 Å². The number of pyridine rings is 1. The van der Waals surface area contributed by atoms with E-state index in [1.165, 1.54) is 11.1 Å². The first-order valence-corrected chi connectivity index (χ1v) is 7.14. The van der Waals surface area contributed by atoms with E-state index in [0.29, 0.717) is 5.92 Å². The summed E-state index contributed by atoms with van der Waals surface area (Å²) in [6.07, 6.45) is 6.16. The lowest BCUT2D eigenvalue weighted by Crippen LogP contribution is -2.10. The van der Waals surface area contributed by atoms with Gasteiger partial charge >= 0.3 is 0 Å². The van der Waals surface area contributed by atoms with Gasteiger partial charge in [-0.05, 0) is 55.7 Å². The summed E-state index contributed by atoms with van der Waals surface area (Å²) >= 11 is 0. The highest BCUT2D eigenvalue weighted by Gasteiger charge is 2.09. The Morgan fingerprint density at radius 2 is 2.00 bits per heavy atom. The molecule has 2 heteroatoms. The van der Waals surface area contributed by atoms with Gasteiger partial charge in [0.05, 0.1) is 11.4 Å². The molecule has 1 rings (SSSR count). The van der Waals surface area contributed by atoms with Crippen molar-refractivity contribution < 1.29 is 0 Å². The topological polar surface area (TPSA) is 24.9 Å². The molecule has 0 amide bonds. The number of hydrogen-bond donors (Lipinski definition) is 1. The fraction of sp³-hybridized carbons (Fsp3) is 0.389. The van der Waals surface area contributed by atoms with Crippen molar-refractivity contribution in [2.24, 2.45) is 0 Å². The minimum Gasteiger partial charge on any atom is -0.316 e. The Morgan fingerprint density at radius 3 is 2.55 bits per heavy atom. The van der Waals surface area contributed by atoms with Crippen LogP contribution in [0.15, 0.2) is 36.9 Å². The van der Waals surface area contributed by atoms with Crippen molar-refractivity contribution in [3.63, 3.8) is 0 Å². The van der Waals surface area contributed by atoms with Gasteiger partial charge in [0.1, 0.15) is 0 Å². The fourth-order valence-corrected chi connectivity index (χ4v) is 1.90. The molecule has 1 heterocycles.